The van der Waals surface area contributed by atoms with E-state index >= 15 is 0 Å². The van der Waals surface area contributed by atoms with Crippen LogP contribution in [0.4, 0.5) is 0 Å². The van der Waals surface area contributed by atoms with Gasteiger partial charge >= 0.3 is 0 Å². The van der Waals surface area contributed by atoms with E-state index in [2.05, 4.69) is 10.6 Å². The molecule has 0 spiro atoms. The number of rotatable bonds is 9. The highest BCUT2D eigenvalue weighted by atomic mass is 16.5. The van der Waals surface area contributed by atoms with Crippen LogP contribution in [0.2, 0.25) is 0 Å². The maximum absolute atomic E-state index is 11.8. The van der Waals surface area contributed by atoms with Gasteiger partial charge in [0.2, 0.25) is 5.91 Å². The van der Waals surface area contributed by atoms with E-state index in [1.165, 1.54) is 0 Å². The summed E-state index contributed by atoms with van der Waals surface area (Å²) in [4.78, 5) is 23.5. The Morgan fingerprint density at radius 3 is 1.88 bits per heavy atom. The average Bonchev–Trinajstić information content (AvgIpc) is 2.69. The Kier molecular flexibility index (Phi) is 7.30. The lowest BCUT2D eigenvalue weighted by molar-refractivity contribution is -0.127. The van der Waals surface area contributed by atoms with Gasteiger partial charge in [-0.3, -0.25) is 9.59 Å². The standard InChI is InChI=1S/C19H22N2O5/c1-24-15-5-3-14(4-6-15)11-20-18(22)12-21-19(23)13-26-17-9-7-16(25-2)8-10-17/h3-10H,11-13H2,1-2H3,(H,20,22)(H,21,23). The van der Waals surface area contributed by atoms with Crippen molar-refractivity contribution >= 4 is 11.8 Å². The van der Waals surface area contributed by atoms with Crippen molar-refractivity contribution in [2.75, 3.05) is 27.4 Å². The highest BCUT2D eigenvalue weighted by molar-refractivity contribution is 5.85. The molecule has 0 unspecified atom stereocenters. The Hall–Kier alpha value is -3.22. The summed E-state index contributed by atoms with van der Waals surface area (Å²) in [6.07, 6.45) is 0. The smallest absolute Gasteiger partial charge is 0.258 e. The van der Waals surface area contributed by atoms with Gasteiger partial charge in [0.15, 0.2) is 6.61 Å². The maximum Gasteiger partial charge on any atom is 0.258 e. The van der Waals surface area contributed by atoms with Crippen molar-refractivity contribution in [2.24, 2.45) is 0 Å². The molecule has 2 amide bonds. The molecule has 138 valence electrons. The second-order valence-electron chi connectivity index (χ2n) is 5.37. The van der Waals surface area contributed by atoms with Crippen LogP contribution in [-0.4, -0.2) is 39.2 Å². The van der Waals surface area contributed by atoms with Gasteiger partial charge in [-0.15, -0.1) is 0 Å². The van der Waals surface area contributed by atoms with Gasteiger partial charge in [-0.25, -0.2) is 0 Å². The SMILES string of the molecule is COc1ccc(CNC(=O)CNC(=O)COc2ccc(OC)cc2)cc1. The first kappa shape index (κ1) is 19.1. The third-order valence-electron chi connectivity index (χ3n) is 3.52. The van der Waals surface area contributed by atoms with Crippen LogP contribution in [0.3, 0.4) is 0 Å². The number of nitrogens with one attached hydrogen (secondary N) is 2. The van der Waals surface area contributed by atoms with Crippen molar-refractivity contribution in [1.29, 1.82) is 0 Å². The number of amides is 2. The Morgan fingerprint density at radius 1 is 0.769 bits per heavy atom. The zero-order chi connectivity index (χ0) is 18.8. The molecule has 0 aromatic heterocycles. The van der Waals surface area contributed by atoms with E-state index in [4.69, 9.17) is 14.2 Å². The number of ether oxygens (including phenoxy) is 3. The third-order valence-corrected chi connectivity index (χ3v) is 3.52. The van der Waals surface area contributed by atoms with Crippen molar-refractivity contribution in [3.05, 3.63) is 54.1 Å². The lowest BCUT2D eigenvalue weighted by Crippen LogP contribution is -2.38. The van der Waals surface area contributed by atoms with E-state index in [9.17, 15) is 9.59 Å². The number of benzene rings is 2. The van der Waals surface area contributed by atoms with Crippen LogP contribution in [0.15, 0.2) is 48.5 Å². The van der Waals surface area contributed by atoms with Gasteiger partial charge in [0.1, 0.15) is 17.2 Å². The second-order valence-corrected chi connectivity index (χ2v) is 5.37. The fraction of sp³-hybridized carbons (Fsp3) is 0.263. The molecule has 26 heavy (non-hydrogen) atoms. The summed E-state index contributed by atoms with van der Waals surface area (Å²) in [5, 5.41) is 5.24. The molecule has 0 aliphatic rings. The average molecular weight is 358 g/mol. The molecule has 2 N–H and O–H groups in total. The van der Waals surface area contributed by atoms with Crippen LogP contribution in [0.25, 0.3) is 0 Å². The number of methoxy groups -OCH3 is 2. The lowest BCUT2D eigenvalue weighted by atomic mass is 10.2. The summed E-state index contributed by atoms with van der Waals surface area (Å²) in [5.74, 6) is 1.35. The molecule has 7 nitrogen and oxygen atoms in total. The van der Waals surface area contributed by atoms with Gasteiger partial charge in [0.05, 0.1) is 20.8 Å². The predicted molar refractivity (Wildman–Crippen MR) is 96.3 cm³/mol. The molecular formula is C19H22N2O5. The van der Waals surface area contributed by atoms with Crippen LogP contribution in [0.5, 0.6) is 17.2 Å². The van der Waals surface area contributed by atoms with E-state index in [0.717, 1.165) is 11.3 Å². The van der Waals surface area contributed by atoms with Crippen LogP contribution < -0.4 is 24.8 Å². The van der Waals surface area contributed by atoms with Gasteiger partial charge in [-0.1, -0.05) is 12.1 Å². The molecule has 0 aliphatic carbocycles. The van der Waals surface area contributed by atoms with Crippen molar-refractivity contribution in [3.63, 3.8) is 0 Å². The Labute approximate surface area is 152 Å². The van der Waals surface area contributed by atoms with Crippen molar-refractivity contribution < 1.29 is 23.8 Å². The summed E-state index contributed by atoms with van der Waals surface area (Å²) in [7, 11) is 3.17. The molecule has 0 saturated carbocycles. The minimum atomic E-state index is -0.375. The van der Waals surface area contributed by atoms with Crippen molar-refractivity contribution in [1.82, 2.24) is 10.6 Å². The topological polar surface area (TPSA) is 85.9 Å². The summed E-state index contributed by atoms with van der Waals surface area (Å²) in [5.41, 5.74) is 0.938. The monoisotopic (exact) mass is 358 g/mol. The number of carbonyl (C=O) groups excluding carboxylic acids is 2. The van der Waals surface area contributed by atoms with Gasteiger partial charge < -0.3 is 24.8 Å². The number of hydrogen-bond acceptors (Lipinski definition) is 5. The van der Waals surface area contributed by atoms with Crippen molar-refractivity contribution in [2.45, 2.75) is 6.54 Å². The van der Waals surface area contributed by atoms with Gasteiger partial charge in [0.25, 0.3) is 5.91 Å². The Morgan fingerprint density at radius 2 is 1.31 bits per heavy atom. The van der Waals surface area contributed by atoms with Gasteiger partial charge in [-0.05, 0) is 42.0 Å². The fourth-order valence-electron chi connectivity index (χ4n) is 2.06. The minimum absolute atomic E-state index is 0.110. The van der Waals surface area contributed by atoms with Crippen LogP contribution in [0, 0.1) is 0 Å². The molecule has 2 rings (SSSR count). The van der Waals surface area contributed by atoms with Gasteiger partial charge in [0, 0.05) is 6.54 Å². The maximum atomic E-state index is 11.8. The zero-order valence-electron chi connectivity index (χ0n) is 14.8. The van der Waals surface area contributed by atoms with Crippen LogP contribution in [0.1, 0.15) is 5.56 Å². The van der Waals surface area contributed by atoms with E-state index in [1.54, 1.807) is 38.5 Å². The number of carbonyl (C=O) groups is 2. The third kappa shape index (κ3) is 6.35. The predicted octanol–water partition coefficient (Wildman–Crippen LogP) is 1.52. The molecular weight excluding hydrogens is 336 g/mol. The largest absolute Gasteiger partial charge is 0.497 e. The molecule has 0 radical (unpaired) electrons. The quantitative estimate of drug-likeness (QED) is 0.710. The first-order chi connectivity index (χ1) is 12.6. The molecule has 0 heterocycles. The molecule has 2 aromatic rings. The van der Waals surface area contributed by atoms with Crippen molar-refractivity contribution in [3.8, 4) is 17.2 Å². The fourth-order valence-corrected chi connectivity index (χ4v) is 2.06. The van der Waals surface area contributed by atoms with Crippen LogP contribution in [-0.2, 0) is 16.1 Å². The molecule has 0 saturated heterocycles. The van der Waals surface area contributed by atoms with E-state index in [1.807, 2.05) is 24.3 Å². The first-order valence-electron chi connectivity index (χ1n) is 8.04. The lowest BCUT2D eigenvalue weighted by Gasteiger charge is -2.09. The normalized spacial score (nSPS) is 9.92. The highest BCUT2D eigenvalue weighted by Crippen LogP contribution is 2.16. The highest BCUT2D eigenvalue weighted by Gasteiger charge is 2.07. The zero-order valence-corrected chi connectivity index (χ0v) is 14.8. The Bertz CT molecular complexity index is 650. The number of hydrogen-bond donors (Lipinski definition) is 2. The minimum Gasteiger partial charge on any atom is -0.497 e. The van der Waals surface area contributed by atoms with E-state index in [0.29, 0.717) is 18.0 Å². The molecule has 7 heteroatoms. The van der Waals surface area contributed by atoms with Crippen LogP contribution >= 0.6 is 0 Å². The van der Waals surface area contributed by atoms with E-state index < -0.39 is 0 Å². The summed E-state index contributed by atoms with van der Waals surface area (Å²) >= 11 is 0. The molecule has 0 fully saturated rings. The molecule has 0 aliphatic heterocycles. The van der Waals surface area contributed by atoms with E-state index in [-0.39, 0.29) is 25.0 Å². The van der Waals surface area contributed by atoms with Gasteiger partial charge in [-0.2, -0.15) is 0 Å². The molecule has 0 atom stereocenters. The molecule has 0 bridgehead atoms. The molecule has 2 aromatic carbocycles. The Balaban J connectivity index is 1.64. The first-order valence-corrected chi connectivity index (χ1v) is 8.04. The summed E-state index contributed by atoms with van der Waals surface area (Å²) < 4.78 is 15.5. The summed E-state index contributed by atoms with van der Waals surface area (Å²) in [6, 6.07) is 14.2. The second kappa shape index (κ2) is 9.93. The summed E-state index contributed by atoms with van der Waals surface area (Å²) in [6.45, 7) is 0.0973.